The first-order valence-electron chi connectivity index (χ1n) is 8.36. The lowest BCUT2D eigenvalue weighted by Gasteiger charge is -2.38. The molecule has 1 unspecified atom stereocenters. The third-order valence-electron chi connectivity index (χ3n) is 5.04. The number of carbonyl (C=O) groups excluding carboxylic acids is 1. The van der Waals surface area contributed by atoms with E-state index in [0.29, 0.717) is 30.8 Å². The highest BCUT2D eigenvalue weighted by Gasteiger charge is 2.38. The van der Waals surface area contributed by atoms with Crippen molar-refractivity contribution in [1.29, 1.82) is 0 Å². The van der Waals surface area contributed by atoms with Gasteiger partial charge in [0, 0.05) is 19.0 Å². The Kier molecular flexibility index (Phi) is 5.88. The predicted molar refractivity (Wildman–Crippen MR) is 81.2 cm³/mol. The summed E-state index contributed by atoms with van der Waals surface area (Å²) >= 11 is 0. The van der Waals surface area contributed by atoms with E-state index in [2.05, 4.69) is 10.6 Å². The second-order valence-electron chi connectivity index (χ2n) is 6.75. The van der Waals surface area contributed by atoms with E-state index >= 15 is 0 Å². The van der Waals surface area contributed by atoms with Crippen molar-refractivity contribution in [2.75, 3.05) is 6.54 Å². The molecule has 0 aromatic carbocycles. The van der Waals surface area contributed by atoms with Crippen molar-refractivity contribution in [2.45, 2.75) is 76.7 Å². The summed E-state index contributed by atoms with van der Waals surface area (Å²) in [6, 6.07) is 0.223. The first-order valence-corrected chi connectivity index (χ1v) is 8.36. The van der Waals surface area contributed by atoms with Gasteiger partial charge in [-0.15, -0.1) is 0 Å². The molecular formula is C16H28N2O3. The third-order valence-corrected chi connectivity index (χ3v) is 5.04. The van der Waals surface area contributed by atoms with Gasteiger partial charge < -0.3 is 15.7 Å². The van der Waals surface area contributed by atoms with Crippen LogP contribution in [0.4, 0.5) is 4.79 Å². The Morgan fingerprint density at radius 1 is 1.10 bits per heavy atom. The van der Waals surface area contributed by atoms with Crippen molar-refractivity contribution >= 4 is 12.0 Å². The molecule has 120 valence electrons. The van der Waals surface area contributed by atoms with Crippen molar-refractivity contribution in [3.05, 3.63) is 0 Å². The zero-order valence-electron chi connectivity index (χ0n) is 12.8. The molecule has 1 spiro atoms. The van der Waals surface area contributed by atoms with Crippen LogP contribution in [0.5, 0.6) is 0 Å². The summed E-state index contributed by atoms with van der Waals surface area (Å²) in [6.07, 6.45) is 11.7. The maximum atomic E-state index is 11.9. The van der Waals surface area contributed by atoms with Gasteiger partial charge in [-0.3, -0.25) is 4.79 Å². The summed E-state index contributed by atoms with van der Waals surface area (Å²) in [7, 11) is 0. The number of urea groups is 1. The molecule has 2 fully saturated rings. The van der Waals surface area contributed by atoms with Crippen LogP contribution in [-0.4, -0.2) is 29.7 Å². The first kappa shape index (κ1) is 16.1. The number of carboxylic acids is 1. The molecule has 2 saturated carbocycles. The minimum atomic E-state index is -0.775. The normalized spacial score (nSPS) is 23.9. The number of unbranched alkanes of at least 4 members (excludes halogenated alkanes) is 1. The van der Waals surface area contributed by atoms with Gasteiger partial charge in [0.1, 0.15) is 0 Å². The highest BCUT2D eigenvalue weighted by Crippen LogP contribution is 2.48. The van der Waals surface area contributed by atoms with E-state index in [-0.39, 0.29) is 12.5 Å². The van der Waals surface area contributed by atoms with Gasteiger partial charge in [-0.1, -0.05) is 19.3 Å². The molecule has 0 radical (unpaired) electrons. The Labute approximate surface area is 126 Å². The second kappa shape index (κ2) is 7.66. The van der Waals surface area contributed by atoms with Gasteiger partial charge in [-0.25, -0.2) is 4.79 Å². The molecule has 3 N–H and O–H groups in total. The van der Waals surface area contributed by atoms with Crippen LogP contribution in [0.2, 0.25) is 0 Å². The Morgan fingerprint density at radius 2 is 1.81 bits per heavy atom. The SMILES string of the molecule is O=C(O)CCCCNC(=O)NC1CCCC2(CCCC2)C1. The fourth-order valence-electron chi connectivity index (χ4n) is 3.99. The average Bonchev–Trinajstić information content (AvgIpc) is 2.86. The molecule has 0 aromatic rings. The molecule has 0 heterocycles. The van der Waals surface area contributed by atoms with E-state index < -0.39 is 5.97 Å². The predicted octanol–water partition coefficient (Wildman–Crippen LogP) is 3.04. The van der Waals surface area contributed by atoms with Crippen LogP contribution in [0, 0.1) is 5.41 Å². The number of carboxylic acid groups (broad SMARTS) is 1. The molecule has 0 saturated heterocycles. The summed E-state index contributed by atoms with van der Waals surface area (Å²) in [6.45, 7) is 0.553. The zero-order valence-corrected chi connectivity index (χ0v) is 12.8. The number of rotatable bonds is 6. The lowest BCUT2D eigenvalue weighted by molar-refractivity contribution is -0.137. The minimum Gasteiger partial charge on any atom is -0.481 e. The third kappa shape index (κ3) is 5.21. The van der Waals surface area contributed by atoms with Crippen LogP contribution in [-0.2, 0) is 4.79 Å². The summed E-state index contributed by atoms with van der Waals surface area (Å²) < 4.78 is 0. The maximum absolute atomic E-state index is 11.9. The molecule has 0 bridgehead atoms. The quantitative estimate of drug-likeness (QED) is 0.659. The standard InChI is InChI=1S/C16H28N2O3/c19-14(20)7-1-4-11-17-15(21)18-13-6-5-10-16(12-13)8-2-3-9-16/h13H,1-12H2,(H,19,20)(H2,17,18,21). The molecule has 2 rings (SSSR count). The van der Waals surface area contributed by atoms with Crippen molar-refractivity contribution in [3.63, 3.8) is 0 Å². The van der Waals surface area contributed by atoms with Crippen LogP contribution < -0.4 is 10.6 Å². The van der Waals surface area contributed by atoms with E-state index in [4.69, 9.17) is 5.11 Å². The summed E-state index contributed by atoms with van der Waals surface area (Å²) in [5.41, 5.74) is 0.512. The van der Waals surface area contributed by atoms with E-state index in [1.165, 1.54) is 38.5 Å². The van der Waals surface area contributed by atoms with Gasteiger partial charge in [0.2, 0.25) is 0 Å². The molecule has 5 heteroatoms. The Balaban J connectivity index is 1.62. The zero-order chi connectivity index (χ0) is 15.1. The van der Waals surface area contributed by atoms with Gasteiger partial charge >= 0.3 is 12.0 Å². The van der Waals surface area contributed by atoms with E-state index in [0.717, 1.165) is 12.8 Å². The summed E-state index contributed by atoms with van der Waals surface area (Å²) in [5, 5.41) is 14.5. The van der Waals surface area contributed by atoms with Crippen molar-refractivity contribution in [1.82, 2.24) is 10.6 Å². The second-order valence-corrected chi connectivity index (χ2v) is 6.75. The molecular weight excluding hydrogens is 268 g/mol. The lowest BCUT2D eigenvalue weighted by atomic mass is 9.71. The maximum Gasteiger partial charge on any atom is 0.315 e. The van der Waals surface area contributed by atoms with Crippen LogP contribution in [0.1, 0.15) is 70.6 Å². The monoisotopic (exact) mass is 296 g/mol. The lowest BCUT2D eigenvalue weighted by Crippen LogP contribution is -2.46. The number of carbonyl (C=O) groups is 2. The van der Waals surface area contributed by atoms with Gasteiger partial charge in [0.25, 0.3) is 0 Å². The molecule has 5 nitrogen and oxygen atoms in total. The highest BCUT2D eigenvalue weighted by molar-refractivity contribution is 5.74. The largest absolute Gasteiger partial charge is 0.481 e. The first-order chi connectivity index (χ1) is 10.1. The van der Waals surface area contributed by atoms with Gasteiger partial charge in [0.05, 0.1) is 0 Å². The van der Waals surface area contributed by atoms with Crippen LogP contribution in [0.15, 0.2) is 0 Å². The van der Waals surface area contributed by atoms with E-state index in [1.54, 1.807) is 0 Å². The minimum absolute atomic E-state index is 0.0922. The summed E-state index contributed by atoms with van der Waals surface area (Å²) in [5.74, 6) is -0.775. The van der Waals surface area contributed by atoms with Gasteiger partial charge in [-0.2, -0.15) is 0 Å². The molecule has 0 aromatic heterocycles. The molecule has 0 aliphatic heterocycles. The van der Waals surface area contributed by atoms with E-state index in [9.17, 15) is 9.59 Å². The van der Waals surface area contributed by atoms with E-state index in [1.807, 2.05) is 0 Å². The molecule has 21 heavy (non-hydrogen) atoms. The molecule has 2 amide bonds. The number of aliphatic carboxylic acids is 1. The fraction of sp³-hybridized carbons (Fsp3) is 0.875. The highest BCUT2D eigenvalue weighted by atomic mass is 16.4. The number of hydrogen-bond donors (Lipinski definition) is 3. The Bertz CT molecular complexity index is 365. The number of nitrogens with one attached hydrogen (secondary N) is 2. The van der Waals surface area contributed by atoms with Gasteiger partial charge in [0.15, 0.2) is 0 Å². The van der Waals surface area contributed by atoms with Crippen LogP contribution in [0.25, 0.3) is 0 Å². The Hall–Kier alpha value is -1.26. The smallest absolute Gasteiger partial charge is 0.315 e. The number of amides is 2. The molecule has 2 aliphatic rings. The molecule has 2 aliphatic carbocycles. The Morgan fingerprint density at radius 3 is 2.52 bits per heavy atom. The van der Waals surface area contributed by atoms with Gasteiger partial charge in [-0.05, 0) is 50.4 Å². The molecule has 1 atom stereocenters. The summed E-state index contributed by atoms with van der Waals surface area (Å²) in [4.78, 5) is 22.3. The topological polar surface area (TPSA) is 78.4 Å². The average molecular weight is 296 g/mol. The fourth-order valence-corrected chi connectivity index (χ4v) is 3.99. The van der Waals surface area contributed by atoms with Crippen molar-refractivity contribution < 1.29 is 14.7 Å². The van der Waals surface area contributed by atoms with Crippen molar-refractivity contribution in [2.24, 2.45) is 5.41 Å². The van der Waals surface area contributed by atoms with Crippen molar-refractivity contribution in [3.8, 4) is 0 Å². The van der Waals surface area contributed by atoms with Crippen LogP contribution >= 0.6 is 0 Å². The van der Waals surface area contributed by atoms with Crippen LogP contribution in [0.3, 0.4) is 0 Å². The number of hydrogen-bond acceptors (Lipinski definition) is 2.